The maximum absolute atomic E-state index is 13.8. The summed E-state index contributed by atoms with van der Waals surface area (Å²) in [6, 6.07) is 21.2. The van der Waals surface area contributed by atoms with Crippen LogP contribution in [-0.2, 0) is 27.0 Å². The van der Waals surface area contributed by atoms with Crippen molar-refractivity contribution in [2.24, 2.45) is 0 Å². The Morgan fingerprint density at radius 1 is 0.974 bits per heavy atom. The molecule has 0 spiro atoms. The van der Waals surface area contributed by atoms with Gasteiger partial charge in [-0.25, -0.2) is 13.1 Å². The van der Waals surface area contributed by atoms with Gasteiger partial charge in [0.15, 0.2) is 5.60 Å². The van der Waals surface area contributed by atoms with Crippen LogP contribution in [0, 0.1) is 0 Å². The van der Waals surface area contributed by atoms with Gasteiger partial charge in [0.25, 0.3) is 5.91 Å². The molecule has 0 aromatic heterocycles. The predicted molar refractivity (Wildman–Crippen MR) is 152 cm³/mol. The maximum atomic E-state index is 13.8. The number of carbonyl (C=O) groups excluding carboxylic acids is 1. The highest BCUT2D eigenvalue weighted by molar-refractivity contribution is 7.89. The molecule has 0 saturated carbocycles. The zero-order chi connectivity index (χ0) is 27.7. The summed E-state index contributed by atoms with van der Waals surface area (Å²) in [6.07, 6.45) is 2.25. The summed E-state index contributed by atoms with van der Waals surface area (Å²) in [5, 5.41) is 11.8. The molecule has 1 unspecified atom stereocenters. The molecule has 1 heterocycles. The van der Waals surface area contributed by atoms with Gasteiger partial charge in [0.2, 0.25) is 10.0 Å². The number of carbonyl (C=O) groups is 1. The van der Waals surface area contributed by atoms with E-state index in [2.05, 4.69) is 35.7 Å². The maximum Gasteiger partial charge on any atom is 0.268 e. The van der Waals surface area contributed by atoms with Gasteiger partial charge in [-0.2, -0.15) is 0 Å². The van der Waals surface area contributed by atoms with Crippen LogP contribution in [0.15, 0.2) is 77.7 Å². The summed E-state index contributed by atoms with van der Waals surface area (Å²) >= 11 is 0. The van der Waals surface area contributed by atoms with Crippen molar-refractivity contribution in [1.82, 2.24) is 4.72 Å². The minimum absolute atomic E-state index is 0.0688. The summed E-state index contributed by atoms with van der Waals surface area (Å²) < 4.78 is 28.1. The number of aliphatic hydroxyl groups is 1. The number of hydrogen-bond donors (Lipinski definition) is 2. The van der Waals surface area contributed by atoms with Crippen LogP contribution in [-0.4, -0.2) is 38.6 Å². The Morgan fingerprint density at radius 3 is 2.21 bits per heavy atom. The van der Waals surface area contributed by atoms with E-state index in [9.17, 15) is 18.3 Å². The third kappa shape index (κ3) is 5.48. The van der Waals surface area contributed by atoms with Crippen LogP contribution >= 0.6 is 0 Å². The number of benzene rings is 3. The Balaban J connectivity index is 1.62. The Bertz CT molecular complexity index is 1400. The first-order chi connectivity index (χ1) is 17.9. The number of nitrogens with one attached hydrogen (secondary N) is 1. The lowest BCUT2D eigenvalue weighted by atomic mass is 9.87. The molecule has 0 saturated heterocycles. The number of rotatable bonds is 9. The van der Waals surface area contributed by atoms with Gasteiger partial charge in [-0.15, -0.1) is 0 Å². The van der Waals surface area contributed by atoms with E-state index in [1.165, 1.54) is 24.3 Å². The van der Waals surface area contributed by atoms with E-state index in [4.69, 9.17) is 0 Å². The van der Waals surface area contributed by atoms with E-state index in [0.717, 1.165) is 30.6 Å². The lowest BCUT2D eigenvalue weighted by Gasteiger charge is -2.25. The normalized spacial score (nSPS) is 17.5. The van der Waals surface area contributed by atoms with Crippen molar-refractivity contribution >= 4 is 27.3 Å². The van der Waals surface area contributed by atoms with E-state index >= 15 is 0 Å². The molecule has 3 aromatic rings. The predicted octanol–water partition coefficient (Wildman–Crippen LogP) is 4.78. The van der Waals surface area contributed by atoms with Gasteiger partial charge in [0, 0.05) is 30.4 Å². The van der Waals surface area contributed by atoms with Crippen molar-refractivity contribution in [2.75, 3.05) is 23.4 Å². The molecule has 8 heteroatoms. The molecule has 3 aromatic carbocycles. The van der Waals surface area contributed by atoms with E-state index in [1.54, 1.807) is 37.8 Å². The highest BCUT2D eigenvalue weighted by atomic mass is 32.2. The molecule has 0 fully saturated rings. The average Bonchev–Trinajstić information content (AvgIpc) is 3.09. The quantitative estimate of drug-likeness (QED) is 0.412. The Morgan fingerprint density at radius 2 is 1.61 bits per heavy atom. The molecule has 1 aliphatic heterocycles. The molecule has 7 nitrogen and oxygen atoms in total. The number of sulfonamides is 1. The summed E-state index contributed by atoms with van der Waals surface area (Å²) in [7, 11) is -1.68. The molecule has 0 radical (unpaired) electrons. The Labute approximate surface area is 226 Å². The van der Waals surface area contributed by atoms with Crippen LogP contribution in [0.2, 0.25) is 0 Å². The molecular weight excluding hydrogens is 498 g/mol. The number of para-hydroxylation sites is 1. The summed E-state index contributed by atoms with van der Waals surface area (Å²) in [5.41, 5.74) is 0.929. The SMILES string of the molecule is CCCCN(C)c1ccc(CN2C(=O)C(O)(c3ccc(S(=O)(=O)NC(C)(C)C)cc3)c3ccccc32)cc1. The second kappa shape index (κ2) is 10.5. The van der Waals surface area contributed by atoms with E-state index < -0.39 is 27.1 Å². The molecule has 2 N–H and O–H groups in total. The van der Waals surface area contributed by atoms with Crippen LogP contribution in [0.4, 0.5) is 11.4 Å². The first-order valence-electron chi connectivity index (χ1n) is 13.0. The number of nitrogens with zero attached hydrogens (tertiary/aromatic N) is 2. The number of unbranched alkanes of at least 4 members (excludes halogenated alkanes) is 1. The number of hydrogen-bond acceptors (Lipinski definition) is 5. The number of fused-ring (bicyclic) bond motifs is 1. The molecule has 1 atom stereocenters. The highest BCUT2D eigenvalue weighted by Crippen LogP contribution is 2.45. The third-order valence-corrected chi connectivity index (χ3v) is 8.50. The topological polar surface area (TPSA) is 90.0 Å². The van der Waals surface area contributed by atoms with Crippen molar-refractivity contribution < 1.29 is 18.3 Å². The first kappa shape index (κ1) is 27.8. The van der Waals surface area contributed by atoms with Gasteiger partial charge < -0.3 is 14.9 Å². The molecular formula is C30H37N3O4S. The Hall–Kier alpha value is -3.20. The van der Waals surface area contributed by atoms with Crippen molar-refractivity contribution in [3.63, 3.8) is 0 Å². The summed E-state index contributed by atoms with van der Waals surface area (Å²) in [6.45, 7) is 8.75. The molecule has 202 valence electrons. The largest absolute Gasteiger partial charge is 0.375 e. The summed E-state index contributed by atoms with van der Waals surface area (Å²) in [4.78, 5) is 17.7. The number of anilines is 2. The minimum atomic E-state index is -3.75. The minimum Gasteiger partial charge on any atom is -0.375 e. The average molecular weight is 536 g/mol. The zero-order valence-electron chi connectivity index (χ0n) is 22.7. The fraction of sp³-hybridized carbons (Fsp3) is 0.367. The van der Waals surface area contributed by atoms with Crippen LogP contribution in [0.25, 0.3) is 0 Å². The van der Waals surface area contributed by atoms with E-state index in [1.807, 2.05) is 24.3 Å². The van der Waals surface area contributed by atoms with Crippen LogP contribution in [0.1, 0.15) is 57.2 Å². The van der Waals surface area contributed by atoms with Crippen LogP contribution < -0.4 is 14.5 Å². The molecule has 4 rings (SSSR count). The van der Waals surface area contributed by atoms with Gasteiger partial charge in [-0.1, -0.05) is 55.8 Å². The standard InChI is InChI=1S/C30H37N3O4S/c1-6-7-20-32(5)24-16-12-22(13-17-24)21-33-27-11-9-8-10-26(27)30(35,28(33)34)23-14-18-25(19-15-23)38(36,37)31-29(2,3)4/h8-19,31,35H,6-7,20-21H2,1-5H3. The fourth-order valence-electron chi connectivity index (χ4n) is 4.77. The Kier molecular flexibility index (Phi) is 7.70. The molecule has 0 bridgehead atoms. The summed E-state index contributed by atoms with van der Waals surface area (Å²) in [5.74, 6) is -0.466. The van der Waals surface area contributed by atoms with Crippen molar-refractivity contribution in [2.45, 2.75) is 63.1 Å². The highest BCUT2D eigenvalue weighted by Gasteiger charge is 2.51. The monoisotopic (exact) mass is 535 g/mol. The number of amides is 1. The van der Waals surface area contributed by atoms with Crippen LogP contribution in [0.3, 0.4) is 0 Å². The molecule has 0 aliphatic carbocycles. The van der Waals surface area contributed by atoms with Crippen molar-refractivity contribution in [3.8, 4) is 0 Å². The van der Waals surface area contributed by atoms with Crippen LogP contribution in [0.5, 0.6) is 0 Å². The van der Waals surface area contributed by atoms with E-state index in [-0.39, 0.29) is 4.90 Å². The van der Waals surface area contributed by atoms with Crippen molar-refractivity contribution in [1.29, 1.82) is 0 Å². The fourth-order valence-corrected chi connectivity index (χ4v) is 6.19. The van der Waals surface area contributed by atoms with E-state index in [0.29, 0.717) is 23.4 Å². The second-order valence-electron chi connectivity index (χ2n) is 10.9. The molecule has 38 heavy (non-hydrogen) atoms. The second-order valence-corrected chi connectivity index (χ2v) is 12.6. The lowest BCUT2D eigenvalue weighted by molar-refractivity contribution is -0.132. The van der Waals surface area contributed by atoms with Crippen molar-refractivity contribution in [3.05, 3.63) is 89.5 Å². The van der Waals surface area contributed by atoms with Gasteiger partial charge in [-0.3, -0.25) is 4.79 Å². The van der Waals surface area contributed by atoms with Gasteiger partial charge >= 0.3 is 0 Å². The van der Waals surface area contributed by atoms with Gasteiger partial charge in [0.05, 0.1) is 17.1 Å². The van der Waals surface area contributed by atoms with Gasteiger partial charge in [0.1, 0.15) is 0 Å². The zero-order valence-corrected chi connectivity index (χ0v) is 23.5. The molecule has 1 aliphatic rings. The lowest BCUT2D eigenvalue weighted by Crippen LogP contribution is -2.41. The first-order valence-corrected chi connectivity index (χ1v) is 14.4. The van der Waals surface area contributed by atoms with Gasteiger partial charge in [-0.05, 0) is 68.7 Å². The smallest absolute Gasteiger partial charge is 0.268 e. The molecule has 1 amide bonds. The third-order valence-electron chi connectivity index (χ3n) is 6.73.